The summed E-state index contributed by atoms with van der Waals surface area (Å²) in [7, 11) is 0. The molecule has 1 atom stereocenters. The molecular weight excluding hydrogens is 258 g/mol. The van der Waals surface area contributed by atoms with Gasteiger partial charge in [0.15, 0.2) is 6.17 Å². The fourth-order valence-corrected chi connectivity index (χ4v) is 2.44. The molecule has 0 aliphatic carbocycles. The molecule has 2 aromatic heterocycles. The number of amides is 1. The van der Waals surface area contributed by atoms with E-state index in [9.17, 15) is 9.59 Å². The van der Waals surface area contributed by atoms with Crippen molar-refractivity contribution in [2.45, 2.75) is 6.17 Å². The molecule has 1 amide bonds. The van der Waals surface area contributed by atoms with Crippen LogP contribution in [0.4, 0.5) is 0 Å². The molecule has 3 heterocycles. The summed E-state index contributed by atoms with van der Waals surface area (Å²) in [6.45, 7) is 0. The van der Waals surface area contributed by atoms with Crippen molar-refractivity contribution in [1.82, 2.24) is 14.9 Å². The van der Waals surface area contributed by atoms with Gasteiger partial charge in [0.25, 0.3) is 11.5 Å². The Morgan fingerprint density at radius 3 is 2.80 bits per heavy atom. The van der Waals surface area contributed by atoms with E-state index in [0.717, 1.165) is 0 Å². The normalized spacial score (nSPS) is 17.2. The van der Waals surface area contributed by atoms with E-state index in [2.05, 4.69) is 10.3 Å². The number of para-hydroxylation sites is 1. The Morgan fingerprint density at radius 2 is 2.00 bits per heavy atom. The zero-order valence-corrected chi connectivity index (χ0v) is 10.2. The van der Waals surface area contributed by atoms with E-state index in [0.29, 0.717) is 16.7 Å². The van der Waals surface area contributed by atoms with Gasteiger partial charge < -0.3 is 9.73 Å². The van der Waals surface area contributed by atoms with Gasteiger partial charge in [0.2, 0.25) is 5.82 Å². The Balaban J connectivity index is 2.06. The maximum atomic E-state index is 12.6. The predicted octanol–water partition coefficient (Wildman–Crippen LogP) is 1.28. The largest absolute Gasteiger partial charge is 0.465 e. The maximum Gasteiger partial charge on any atom is 0.289 e. The summed E-state index contributed by atoms with van der Waals surface area (Å²) in [5, 5.41) is 3.18. The molecule has 0 bridgehead atoms. The van der Waals surface area contributed by atoms with Crippen LogP contribution in [0.3, 0.4) is 0 Å². The van der Waals surface area contributed by atoms with Crippen LogP contribution in [0.15, 0.2) is 51.9 Å². The average molecular weight is 267 g/mol. The highest BCUT2D eigenvalue weighted by Gasteiger charge is 2.34. The second-order valence-electron chi connectivity index (χ2n) is 4.52. The summed E-state index contributed by atoms with van der Waals surface area (Å²) < 4.78 is 6.62. The van der Waals surface area contributed by atoms with Gasteiger partial charge in [0.05, 0.1) is 17.2 Å². The lowest BCUT2D eigenvalue weighted by Gasteiger charge is -2.11. The number of hydrogen-bond acceptors (Lipinski definition) is 4. The van der Waals surface area contributed by atoms with Crippen LogP contribution in [-0.4, -0.2) is 15.5 Å². The van der Waals surface area contributed by atoms with Gasteiger partial charge in [-0.05, 0) is 24.3 Å². The minimum atomic E-state index is -0.642. The predicted molar refractivity (Wildman–Crippen MR) is 70.3 cm³/mol. The molecule has 0 radical (unpaired) electrons. The van der Waals surface area contributed by atoms with Crippen molar-refractivity contribution in [1.29, 1.82) is 0 Å². The summed E-state index contributed by atoms with van der Waals surface area (Å²) in [5.74, 6) is 0.223. The van der Waals surface area contributed by atoms with E-state index < -0.39 is 6.17 Å². The second kappa shape index (κ2) is 3.80. The number of nitrogens with one attached hydrogen (secondary N) is 1. The van der Waals surface area contributed by atoms with Crippen molar-refractivity contribution in [3.05, 3.63) is 64.6 Å². The van der Waals surface area contributed by atoms with Crippen LogP contribution >= 0.6 is 0 Å². The topological polar surface area (TPSA) is 77.1 Å². The first kappa shape index (κ1) is 11.0. The first-order chi connectivity index (χ1) is 9.75. The number of fused-ring (bicyclic) bond motifs is 2. The first-order valence-corrected chi connectivity index (χ1v) is 6.11. The zero-order valence-electron chi connectivity index (χ0n) is 10.2. The average Bonchev–Trinajstić information content (AvgIpc) is 3.08. The van der Waals surface area contributed by atoms with Crippen molar-refractivity contribution in [2.75, 3.05) is 0 Å². The molecule has 1 aliphatic heterocycles. The Bertz CT molecular complexity index is 880. The van der Waals surface area contributed by atoms with E-state index in [1.54, 1.807) is 36.4 Å². The molecule has 1 N–H and O–H groups in total. The molecule has 0 spiro atoms. The van der Waals surface area contributed by atoms with Gasteiger partial charge in [0, 0.05) is 0 Å². The number of nitrogens with zero attached hydrogens (tertiary/aromatic N) is 2. The van der Waals surface area contributed by atoms with Gasteiger partial charge in [-0.15, -0.1) is 0 Å². The van der Waals surface area contributed by atoms with Crippen LogP contribution in [-0.2, 0) is 0 Å². The van der Waals surface area contributed by atoms with Crippen molar-refractivity contribution < 1.29 is 9.21 Å². The highest BCUT2D eigenvalue weighted by Crippen LogP contribution is 2.22. The second-order valence-corrected chi connectivity index (χ2v) is 4.52. The lowest BCUT2D eigenvalue weighted by molar-refractivity contribution is 0.0954. The molecule has 4 rings (SSSR count). The van der Waals surface area contributed by atoms with Crippen molar-refractivity contribution in [3.8, 4) is 0 Å². The number of hydrogen-bond donors (Lipinski definition) is 1. The summed E-state index contributed by atoms with van der Waals surface area (Å²) in [5.41, 5.74) is 0.254. The number of carbonyl (C=O) groups excluding carboxylic acids is 1. The fourth-order valence-electron chi connectivity index (χ4n) is 2.44. The Labute approximate surface area is 112 Å². The van der Waals surface area contributed by atoms with E-state index in [4.69, 9.17) is 4.42 Å². The molecule has 1 unspecified atom stereocenters. The highest BCUT2D eigenvalue weighted by atomic mass is 16.3. The lowest BCUT2D eigenvalue weighted by atomic mass is 10.2. The molecule has 0 fully saturated rings. The molecule has 1 aliphatic rings. The molecule has 1 aromatic carbocycles. The van der Waals surface area contributed by atoms with Gasteiger partial charge in [0.1, 0.15) is 5.76 Å². The molecule has 6 heteroatoms. The Morgan fingerprint density at radius 1 is 1.15 bits per heavy atom. The van der Waals surface area contributed by atoms with Crippen LogP contribution in [0, 0.1) is 0 Å². The number of benzene rings is 1. The molecule has 0 saturated heterocycles. The quantitative estimate of drug-likeness (QED) is 0.720. The van der Waals surface area contributed by atoms with Crippen LogP contribution in [0.2, 0.25) is 0 Å². The van der Waals surface area contributed by atoms with Gasteiger partial charge in [-0.1, -0.05) is 12.1 Å². The van der Waals surface area contributed by atoms with Gasteiger partial charge >= 0.3 is 0 Å². The van der Waals surface area contributed by atoms with Crippen molar-refractivity contribution >= 4 is 16.8 Å². The monoisotopic (exact) mass is 267 g/mol. The van der Waals surface area contributed by atoms with E-state index in [1.807, 2.05) is 0 Å². The van der Waals surface area contributed by atoms with E-state index in [1.165, 1.54) is 10.8 Å². The standard InChI is InChI=1S/C14H9N3O3/c18-13-12-15-9-5-2-1-4-8(9)14(19)17(12)11(16-13)10-6-3-7-20-10/h1-7,11H,(H,16,18). The summed E-state index contributed by atoms with van der Waals surface area (Å²) in [6.07, 6.45) is 0.857. The van der Waals surface area contributed by atoms with E-state index >= 15 is 0 Å². The van der Waals surface area contributed by atoms with Gasteiger partial charge in [-0.25, -0.2) is 4.98 Å². The fraction of sp³-hybridized carbons (Fsp3) is 0.0714. The number of furan rings is 1. The van der Waals surface area contributed by atoms with Crippen molar-refractivity contribution in [2.24, 2.45) is 0 Å². The SMILES string of the molecule is O=C1NC(c2ccco2)n2c1nc1ccccc1c2=O. The Hall–Kier alpha value is -2.89. The van der Waals surface area contributed by atoms with Gasteiger partial charge in [-0.2, -0.15) is 0 Å². The van der Waals surface area contributed by atoms with Gasteiger partial charge in [-0.3, -0.25) is 14.2 Å². The number of aromatic nitrogens is 2. The number of rotatable bonds is 1. The molecule has 6 nitrogen and oxygen atoms in total. The molecule has 98 valence electrons. The van der Waals surface area contributed by atoms with Crippen LogP contribution < -0.4 is 10.9 Å². The summed E-state index contributed by atoms with van der Waals surface area (Å²) in [4.78, 5) is 28.8. The highest BCUT2D eigenvalue weighted by molar-refractivity contribution is 5.95. The molecular formula is C14H9N3O3. The van der Waals surface area contributed by atoms with E-state index in [-0.39, 0.29) is 17.3 Å². The smallest absolute Gasteiger partial charge is 0.289 e. The van der Waals surface area contributed by atoms with Crippen LogP contribution in [0.1, 0.15) is 22.5 Å². The third-order valence-electron chi connectivity index (χ3n) is 3.35. The lowest BCUT2D eigenvalue weighted by Crippen LogP contribution is -2.28. The third kappa shape index (κ3) is 1.36. The molecule has 0 saturated carbocycles. The van der Waals surface area contributed by atoms with Crippen molar-refractivity contribution in [3.63, 3.8) is 0 Å². The summed E-state index contributed by atoms with van der Waals surface area (Å²) in [6, 6.07) is 10.4. The van der Waals surface area contributed by atoms with Crippen LogP contribution in [0.25, 0.3) is 10.9 Å². The minimum absolute atomic E-state index is 0.107. The molecule has 3 aromatic rings. The minimum Gasteiger partial charge on any atom is -0.465 e. The Kier molecular flexibility index (Phi) is 2.09. The third-order valence-corrected chi connectivity index (χ3v) is 3.35. The molecule has 20 heavy (non-hydrogen) atoms. The first-order valence-electron chi connectivity index (χ1n) is 6.11. The summed E-state index contributed by atoms with van der Waals surface area (Å²) >= 11 is 0. The number of carbonyl (C=O) groups is 1. The van der Waals surface area contributed by atoms with Crippen LogP contribution in [0.5, 0.6) is 0 Å². The maximum absolute atomic E-state index is 12.6. The zero-order chi connectivity index (χ0) is 13.7.